The van der Waals surface area contributed by atoms with Crippen LogP contribution in [0.2, 0.25) is 5.02 Å². The van der Waals surface area contributed by atoms with Crippen LogP contribution in [0.3, 0.4) is 0 Å². The molecule has 170 valence electrons. The number of hydrogen-bond donors (Lipinski definition) is 2. The summed E-state index contributed by atoms with van der Waals surface area (Å²) >= 11 is 6.38. The number of fused-ring (bicyclic) bond motifs is 1. The average Bonchev–Trinajstić information content (AvgIpc) is 3.35. The number of carbonyl (C=O) groups is 1. The van der Waals surface area contributed by atoms with Crippen LogP contribution < -0.4 is 14.8 Å². The number of carbonyl (C=O) groups excluding carboxylic acids is 1. The summed E-state index contributed by atoms with van der Waals surface area (Å²) in [5, 5.41) is 11.9. The molecule has 3 heterocycles. The molecular weight excluding hydrogens is 444 g/mol. The Morgan fingerprint density at radius 1 is 1.24 bits per heavy atom. The minimum absolute atomic E-state index is 0.178. The van der Waals surface area contributed by atoms with Gasteiger partial charge in [-0.25, -0.2) is 9.97 Å². The number of halogens is 1. The van der Waals surface area contributed by atoms with Crippen molar-refractivity contribution in [2.45, 2.75) is 19.8 Å². The molecule has 0 aliphatic carbocycles. The number of aromatic nitrogens is 5. The van der Waals surface area contributed by atoms with Crippen molar-refractivity contribution >= 4 is 28.4 Å². The zero-order valence-electron chi connectivity index (χ0n) is 18.3. The number of aromatic amines is 1. The fourth-order valence-corrected chi connectivity index (χ4v) is 3.59. The highest BCUT2D eigenvalue weighted by Gasteiger charge is 2.15. The summed E-state index contributed by atoms with van der Waals surface area (Å²) in [4.78, 5) is 24.5. The quantitative estimate of drug-likeness (QED) is 0.360. The maximum Gasteiger partial charge on any atom is 0.251 e. The number of H-pyrrole nitrogens is 1. The lowest BCUT2D eigenvalue weighted by Gasteiger charge is -2.13. The van der Waals surface area contributed by atoms with Gasteiger partial charge in [0.25, 0.3) is 5.91 Å². The Morgan fingerprint density at radius 3 is 2.88 bits per heavy atom. The van der Waals surface area contributed by atoms with E-state index in [4.69, 9.17) is 26.1 Å². The van der Waals surface area contributed by atoms with E-state index in [-0.39, 0.29) is 5.91 Å². The molecule has 0 unspecified atom stereocenters. The van der Waals surface area contributed by atoms with Gasteiger partial charge in [0.2, 0.25) is 5.88 Å². The molecule has 4 rings (SSSR count). The number of aryl methyl sites for hydroxylation is 1. The fraction of sp³-hybridized carbons (Fsp3) is 0.261. The van der Waals surface area contributed by atoms with Crippen molar-refractivity contribution in [3.8, 4) is 22.9 Å². The van der Waals surface area contributed by atoms with E-state index in [0.717, 1.165) is 17.6 Å². The maximum atomic E-state index is 12.7. The lowest BCUT2D eigenvalue weighted by Crippen LogP contribution is -2.24. The van der Waals surface area contributed by atoms with Crippen LogP contribution in [0.5, 0.6) is 11.6 Å². The topological polar surface area (TPSA) is 115 Å². The summed E-state index contributed by atoms with van der Waals surface area (Å²) in [6, 6.07) is 8.90. The first kappa shape index (κ1) is 22.5. The molecular formula is C23H23ClN6O3. The Kier molecular flexibility index (Phi) is 6.99. The second-order valence-electron chi connectivity index (χ2n) is 7.17. The molecule has 0 bridgehead atoms. The van der Waals surface area contributed by atoms with Crippen molar-refractivity contribution in [2.75, 3.05) is 20.3 Å². The molecule has 2 N–H and O–H groups in total. The molecule has 0 fully saturated rings. The number of rotatable bonds is 9. The van der Waals surface area contributed by atoms with Crippen molar-refractivity contribution in [1.82, 2.24) is 30.5 Å². The van der Waals surface area contributed by atoms with Crippen molar-refractivity contribution in [3.63, 3.8) is 0 Å². The largest absolute Gasteiger partial charge is 0.493 e. The van der Waals surface area contributed by atoms with Crippen LogP contribution in [0.15, 0.2) is 42.9 Å². The highest BCUT2D eigenvalue weighted by Crippen LogP contribution is 2.34. The van der Waals surface area contributed by atoms with Crippen molar-refractivity contribution in [1.29, 1.82) is 0 Å². The third kappa shape index (κ3) is 5.20. The highest BCUT2D eigenvalue weighted by atomic mass is 35.5. The van der Waals surface area contributed by atoms with Gasteiger partial charge in [0.05, 0.1) is 36.1 Å². The van der Waals surface area contributed by atoms with E-state index in [0.29, 0.717) is 58.6 Å². The Morgan fingerprint density at radius 2 is 2.12 bits per heavy atom. The second-order valence-corrected chi connectivity index (χ2v) is 7.58. The summed E-state index contributed by atoms with van der Waals surface area (Å²) in [5.41, 5.74) is 2.39. The second kappa shape index (κ2) is 10.3. The molecule has 1 amide bonds. The molecule has 4 aromatic rings. The van der Waals surface area contributed by atoms with Crippen LogP contribution in [0, 0.1) is 0 Å². The molecule has 1 aromatic carbocycles. The Balaban J connectivity index is 1.61. The van der Waals surface area contributed by atoms with Gasteiger partial charge in [-0.15, -0.1) is 10.2 Å². The zero-order chi connectivity index (χ0) is 23.2. The first-order valence-corrected chi connectivity index (χ1v) is 10.9. The van der Waals surface area contributed by atoms with Gasteiger partial charge in [-0.2, -0.15) is 0 Å². The molecule has 0 saturated carbocycles. The molecule has 3 aromatic heterocycles. The van der Waals surface area contributed by atoms with Crippen LogP contribution in [0.4, 0.5) is 0 Å². The fourth-order valence-electron chi connectivity index (χ4n) is 3.39. The summed E-state index contributed by atoms with van der Waals surface area (Å²) in [6.45, 7) is 2.91. The Labute approximate surface area is 195 Å². The van der Waals surface area contributed by atoms with E-state index in [1.807, 2.05) is 19.1 Å². The van der Waals surface area contributed by atoms with Crippen molar-refractivity contribution < 1.29 is 14.3 Å². The summed E-state index contributed by atoms with van der Waals surface area (Å²) in [6.07, 6.45) is 4.51. The molecule has 0 atom stereocenters. The lowest BCUT2D eigenvalue weighted by atomic mass is 10.1. The van der Waals surface area contributed by atoms with Crippen molar-refractivity contribution in [3.05, 3.63) is 59.3 Å². The normalized spacial score (nSPS) is 10.9. The molecule has 0 saturated heterocycles. The molecule has 9 nitrogen and oxygen atoms in total. The van der Waals surface area contributed by atoms with Crippen LogP contribution in [0.25, 0.3) is 22.2 Å². The van der Waals surface area contributed by atoms with Crippen LogP contribution in [0.1, 0.15) is 29.5 Å². The minimum Gasteiger partial charge on any atom is -0.493 e. The number of nitrogens with zero attached hydrogens (tertiary/aromatic N) is 4. The van der Waals surface area contributed by atoms with E-state index < -0.39 is 0 Å². The van der Waals surface area contributed by atoms with Crippen LogP contribution in [-0.2, 0) is 6.42 Å². The SMILES string of the molecule is CCOc1cc(-c2cc(OC)ncc2Cl)nc2cc(C(=O)NCCCc3nnc[nH]3)ccc12. The van der Waals surface area contributed by atoms with Gasteiger partial charge in [-0.1, -0.05) is 11.6 Å². The standard InChI is InChI=1S/C23H23ClN6O3/c1-3-33-20-11-19(16-10-22(32-2)26-12-17(16)24)29-18-9-14(6-7-15(18)20)23(31)25-8-4-5-21-27-13-28-30-21/h6-7,9-13H,3-5,8H2,1-2H3,(H,25,31)(H,27,28,30). The summed E-state index contributed by atoms with van der Waals surface area (Å²) in [7, 11) is 1.54. The van der Waals surface area contributed by atoms with Crippen LogP contribution in [-0.4, -0.2) is 51.3 Å². The van der Waals surface area contributed by atoms with Gasteiger partial charge in [0.1, 0.15) is 17.9 Å². The molecule has 0 radical (unpaired) electrons. The summed E-state index contributed by atoms with van der Waals surface area (Å²) in [5.74, 6) is 1.70. The first-order chi connectivity index (χ1) is 16.1. The smallest absolute Gasteiger partial charge is 0.251 e. The van der Waals surface area contributed by atoms with Gasteiger partial charge in [0.15, 0.2) is 0 Å². The van der Waals surface area contributed by atoms with Gasteiger partial charge >= 0.3 is 0 Å². The first-order valence-electron chi connectivity index (χ1n) is 10.5. The summed E-state index contributed by atoms with van der Waals surface area (Å²) < 4.78 is 11.1. The third-order valence-electron chi connectivity index (χ3n) is 4.99. The van der Waals surface area contributed by atoms with Crippen molar-refractivity contribution in [2.24, 2.45) is 0 Å². The number of amides is 1. The van der Waals surface area contributed by atoms with E-state index in [2.05, 4.69) is 25.5 Å². The monoisotopic (exact) mass is 466 g/mol. The zero-order valence-corrected chi connectivity index (χ0v) is 19.0. The van der Waals surface area contributed by atoms with Gasteiger partial charge in [-0.3, -0.25) is 4.79 Å². The number of ether oxygens (including phenoxy) is 2. The highest BCUT2D eigenvalue weighted by molar-refractivity contribution is 6.33. The molecule has 0 spiro atoms. The predicted molar refractivity (Wildman–Crippen MR) is 125 cm³/mol. The molecule has 10 heteroatoms. The minimum atomic E-state index is -0.178. The average molecular weight is 467 g/mol. The molecule has 33 heavy (non-hydrogen) atoms. The Hall–Kier alpha value is -3.72. The third-order valence-corrected chi connectivity index (χ3v) is 5.29. The Bertz CT molecular complexity index is 1260. The van der Waals surface area contributed by atoms with Gasteiger partial charge < -0.3 is 19.8 Å². The van der Waals surface area contributed by atoms with E-state index in [9.17, 15) is 4.79 Å². The number of nitrogens with one attached hydrogen (secondary N) is 2. The van der Waals surface area contributed by atoms with Crippen LogP contribution >= 0.6 is 11.6 Å². The molecule has 0 aliphatic heterocycles. The lowest BCUT2D eigenvalue weighted by molar-refractivity contribution is 0.0953. The maximum absolute atomic E-state index is 12.7. The van der Waals surface area contributed by atoms with E-state index >= 15 is 0 Å². The number of hydrogen-bond acceptors (Lipinski definition) is 7. The predicted octanol–water partition coefficient (Wildman–Crippen LogP) is 3.84. The number of benzene rings is 1. The van der Waals surface area contributed by atoms with E-state index in [1.165, 1.54) is 19.6 Å². The van der Waals surface area contributed by atoms with E-state index in [1.54, 1.807) is 18.2 Å². The van der Waals surface area contributed by atoms with Gasteiger partial charge in [0, 0.05) is 41.6 Å². The number of methoxy groups -OCH3 is 1. The molecule has 0 aliphatic rings. The van der Waals surface area contributed by atoms with Gasteiger partial charge in [-0.05, 0) is 31.5 Å². The number of pyridine rings is 2.